The summed E-state index contributed by atoms with van der Waals surface area (Å²) in [4.78, 5) is 12.3. The number of aromatic amines is 1. The van der Waals surface area contributed by atoms with E-state index in [1.165, 1.54) is 24.3 Å². The van der Waals surface area contributed by atoms with Gasteiger partial charge in [0.15, 0.2) is 5.60 Å². The summed E-state index contributed by atoms with van der Waals surface area (Å²) in [5.41, 5.74) is -0.198. The Morgan fingerprint density at radius 3 is 2.62 bits per heavy atom. The molecule has 0 aliphatic carbocycles. The molecule has 1 aromatic heterocycles. The highest BCUT2D eigenvalue weighted by atomic mass is 19.1. The van der Waals surface area contributed by atoms with Crippen LogP contribution in [0.3, 0.4) is 0 Å². The average Bonchev–Trinajstić information content (AvgIpc) is 2.95. The van der Waals surface area contributed by atoms with Crippen molar-refractivity contribution < 1.29 is 13.9 Å². The standard InChI is InChI=1S/C15H18FN3O2/c1-10(11-8-17-18-9-11)19-14(20)15(2,3)21-13-6-4-12(16)5-7-13/h4-10H,1-3H3,(H,17,18)(H,19,20). The van der Waals surface area contributed by atoms with E-state index in [9.17, 15) is 9.18 Å². The Balaban J connectivity index is 2.01. The van der Waals surface area contributed by atoms with Gasteiger partial charge < -0.3 is 10.1 Å². The fourth-order valence-electron chi connectivity index (χ4n) is 1.80. The van der Waals surface area contributed by atoms with E-state index >= 15 is 0 Å². The Bertz CT molecular complexity index is 594. The van der Waals surface area contributed by atoms with Crippen LogP contribution in [0.1, 0.15) is 32.4 Å². The molecule has 1 unspecified atom stereocenters. The van der Waals surface area contributed by atoms with E-state index in [1.807, 2.05) is 6.92 Å². The largest absolute Gasteiger partial charge is 0.478 e. The van der Waals surface area contributed by atoms with Gasteiger partial charge >= 0.3 is 0 Å². The predicted molar refractivity (Wildman–Crippen MR) is 76.3 cm³/mol. The molecule has 6 heteroatoms. The van der Waals surface area contributed by atoms with Gasteiger partial charge in [0.1, 0.15) is 11.6 Å². The molecule has 0 saturated heterocycles. The van der Waals surface area contributed by atoms with Crippen LogP contribution in [0.15, 0.2) is 36.7 Å². The molecule has 1 atom stereocenters. The maximum absolute atomic E-state index is 12.9. The summed E-state index contributed by atoms with van der Waals surface area (Å²) in [6.45, 7) is 5.18. The lowest BCUT2D eigenvalue weighted by Gasteiger charge is -2.27. The number of nitrogens with zero attached hydrogens (tertiary/aromatic N) is 1. The molecule has 1 amide bonds. The number of rotatable bonds is 5. The number of benzene rings is 1. The Morgan fingerprint density at radius 2 is 2.05 bits per heavy atom. The first-order valence-corrected chi connectivity index (χ1v) is 6.63. The van der Waals surface area contributed by atoms with Crippen LogP contribution in [-0.2, 0) is 4.79 Å². The second kappa shape index (κ2) is 5.95. The molecular formula is C15H18FN3O2. The van der Waals surface area contributed by atoms with E-state index in [0.717, 1.165) is 5.56 Å². The first kappa shape index (κ1) is 15.0. The number of carbonyl (C=O) groups is 1. The lowest BCUT2D eigenvalue weighted by atomic mass is 10.1. The Hall–Kier alpha value is -2.37. The van der Waals surface area contributed by atoms with Crippen molar-refractivity contribution in [1.82, 2.24) is 15.5 Å². The molecule has 2 aromatic rings. The number of ether oxygens (including phenoxy) is 1. The molecule has 0 fully saturated rings. The van der Waals surface area contributed by atoms with Gasteiger partial charge in [0.05, 0.1) is 12.2 Å². The number of hydrogen-bond donors (Lipinski definition) is 2. The maximum Gasteiger partial charge on any atom is 0.264 e. The van der Waals surface area contributed by atoms with Gasteiger partial charge in [-0.2, -0.15) is 5.10 Å². The molecule has 2 N–H and O–H groups in total. The zero-order valence-corrected chi connectivity index (χ0v) is 12.2. The van der Waals surface area contributed by atoms with Crippen molar-refractivity contribution in [3.05, 3.63) is 48.0 Å². The van der Waals surface area contributed by atoms with Gasteiger partial charge in [-0.25, -0.2) is 4.39 Å². The average molecular weight is 291 g/mol. The zero-order valence-electron chi connectivity index (χ0n) is 12.2. The fraction of sp³-hybridized carbons (Fsp3) is 0.333. The first-order valence-electron chi connectivity index (χ1n) is 6.63. The monoisotopic (exact) mass is 291 g/mol. The minimum absolute atomic E-state index is 0.188. The van der Waals surface area contributed by atoms with Crippen molar-refractivity contribution >= 4 is 5.91 Å². The van der Waals surface area contributed by atoms with E-state index in [-0.39, 0.29) is 17.8 Å². The molecule has 0 spiro atoms. The van der Waals surface area contributed by atoms with Crippen LogP contribution in [0, 0.1) is 5.82 Å². The number of H-pyrrole nitrogens is 1. The van der Waals surface area contributed by atoms with Crippen molar-refractivity contribution in [2.45, 2.75) is 32.4 Å². The summed E-state index contributed by atoms with van der Waals surface area (Å²) in [5.74, 6) is -0.175. The van der Waals surface area contributed by atoms with Crippen LogP contribution < -0.4 is 10.1 Å². The minimum Gasteiger partial charge on any atom is -0.478 e. The molecule has 0 radical (unpaired) electrons. The molecule has 2 rings (SSSR count). The van der Waals surface area contributed by atoms with E-state index < -0.39 is 5.60 Å². The Kier molecular flexibility index (Phi) is 4.26. The lowest BCUT2D eigenvalue weighted by molar-refractivity contribution is -0.134. The number of aromatic nitrogens is 2. The topological polar surface area (TPSA) is 67.0 Å². The summed E-state index contributed by atoms with van der Waals surface area (Å²) in [5, 5.41) is 9.40. The first-order chi connectivity index (χ1) is 9.88. The smallest absolute Gasteiger partial charge is 0.264 e. The fourth-order valence-corrected chi connectivity index (χ4v) is 1.80. The van der Waals surface area contributed by atoms with Crippen molar-refractivity contribution in [2.24, 2.45) is 0 Å². The third-order valence-corrected chi connectivity index (χ3v) is 3.10. The SMILES string of the molecule is CC(NC(=O)C(C)(C)Oc1ccc(F)cc1)c1cn[nH]c1. The number of carbonyl (C=O) groups excluding carboxylic acids is 1. The summed E-state index contributed by atoms with van der Waals surface area (Å²) >= 11 is 0. The molecule has 5 nitrogen and oxygen atoms in total. The highest BCUT2D eigenvalue weighted by molar-refractivity contribution is 5.85. The van der Waals surface area contributed by atoms with Gasteiger partial charge in [-0.1, -0.05) is 0 Å². The molecule has 0 aliphatic rings. The van der Waals surface area contributed by atoms with Crippen LogP contribution in [0.5, 0.6) is 5.75 Å². The third kappa shape index (κ3) is 3.81. The van der Waals surface area contributed by atoms with E-state index in [4.69, 9.17) is 4.74 Å². The van der Waals surface area contributed by atoms with Gasteiger partial charge in [-0.15, -0.1) is 0 Å². The van der Waals surface area contributed by atoms with Crippen LogP contribution in [0.4, 0.5) is 4.39 Å². The molecule has 0 aliphatic heterocycles. The molecular weight excluding hydrogens is 273 g/mol. The summed E-state index contributed by atoms with van der Waals surface area (Å²) in [6.07, 6.45) is 3.37. The van der Waals surface area contributed by atoms with Crippen LogP contribution in [0.2, 0.25) is 0 Å². The highest BCUT2D eigenvalue weighted by Crippen LogP contribution is 2.20. The second-order valence-electron chi connectivity index (χ2n) is 5.29. The lowest BCUT2D eigenvalue weighted by Crippen LogP contribution is -2.47. The van der Waals surface area contributed by atoms with Gasteiger partial charge in [-0.05, 0) is 45.0 Å². The molecule has 1 aromatic carbocycles. The van der Waals surface area contributed by atoms with Crippen molar-refractivity contribution in [3.63, 3.8) is 0 Å². The van der Waals surface area contributed by atoms with E-state index in [1.54, 1.807) is 26.2 Å². The van der Waals surface area contributed by atoms with Crippen molar-refractivity contribution in [3.8, 4) is 5.75 Å². The Labute approximate surface area is 122 Å². The number of amides is 1. The second-order valence-corrected chi connectivity index (χ2v) is 5.29. The van der Waals surface area contributed by atoms with Gasteiger partial charge in [0, 0.05) is 11.8 Å². The predicted octanol–water partition coefficient (Wildman–Crippen LogP) is 2.58. The minimum atomic E-state index is -1.07. The number of nitrogens with one attached hydrogen (secondary N) is 2. The quantitative estimate of drug-likeness (QED) is 0.889. The Morgan fingerprint density at radius 1 is 1.38 bits per heavy atom. The third-order valence-electron chi connectivity index (χ3n) is 3.10. The molecule has 21 heavy (non-hydrogen) atoms. The molecule has 0 bridgehead atoms. The summed E-state index contributed by atoms with van der Waals surface area (Å²) < 4.78 is 18.5. The van der Waals surface area contributed by atoms with Crippen LogP contribution in [-0.4, -0.2) is 21.7 Å². The van der Waals surface area contributed by atoms with Gasteiger partial charge in [0.2, 0.25) is 0 Å². The van der Waals surface area contributed by atoms with Gasteiger partial charge in [0.25, 0.3) is 5.91 Å². The van der Waals surface area contributed by atoms with E-state index in [0.29, 0.717) is 5.75 Å². The summed E-state index contributed by atoms with van der Waals surface area (Å²) in [7, 11) is 0. The maximum atomic E-state index is 12.9. The molecule has 0 saturated carbocycles. The van der Waals surface area contributed by atoms with Crippen LogP contribution in [0.25, 0.3) is 0 Å². The van der Waals surface area contributed by atoms with Crippen molar-refractivity contribution in [1.29, 1.82) is 0 Å². The van der Waals surface area contributed by atoms with Crippen molar-refractivity contribution in [2.75, 3.05) is 0 Å². The van der Waals surface area contributed by atoms with Crippen LogP contribution >= 0.6 is 0 Å². The van der Waals surface area contributed by atoms with E-state index in [2.05, 4.69) is 15.5 Å². The number of halogens is 1. The summed E-state index contributed by atoms with van der Waals surface area (Å²) in [6, 6.07) is 5.37. The number of hydrogen-bond acceptors (Lipinski definition) is 3. The normalized spacial score (nSPS) is 12.8. The molecule has 112 valence electrons. The molecule has 1 heterocycles. The van der Waals surface area contributed by atoms with Gasteiger partial charge in [-0.3, -0.25) is 9.89 Å². The highest BCUT2D eigenvalue weighted by Gasteiger charge is 2.31. The zero-order chi connectivity index (χ0) is 15.5.